The van der Waals surface area contributed by atoms with Crippen molar-refractivity contribution in [1.82, 2.24) is 14.9 Å². The Bertz CT molecular complexity index is 469. The van der Waals surface area contributed by atoms with Crippen LogP contribution in [0.5, 0.6) is 0 Å². The van der Waals surface area contributed by atoms with Crippen molar-refractivity contribution in [3.63, 3.8) is 0 Å². The molecule has 1 aromatic heterocycles. The molecule has 1 saturated heterocycles. The fraction of sp³-hybridized carbons (Fsp3) is 0.688. The lowest BCUT2D eigenvalue weighted by atomic mass is 9.99. The maximum atomic E-state index is 12.5. The Morgan fingerprint density at radius 2 is 2.14 bits per heavy atom. The summed E-state index contributed by atoms with van der Waals surface area (Å²) in [4.78, 5) is 25.2. The number of likely N-dealkylation sites (tertiary alicyclic amines) is 1. The Morgan fingerprint density at radius 1 is 1.43 bits per heavy atom. The number of aromatic nitrogens is 2. The molecule has 0 unspecified atom stereocenters. The first kappa shape index (κ1) is 15.7. The fourth-order valence-electron chi connectivity index (χ4n) is 2.52. The van der Waals surface area contributed by atoms with Crippen molar-refractivity contribution in [2.24, 2.45) is 5.92 Å². The molecule has 1 aliphatic rings. The molecule has 0 saturated carbocycles. The van der Waals surface area contributed by atoms with E-state index in [4.69, 9.17) is 0 Å². The second kappa shape index (κ2) is 7.38. The lowest BCUT2D eigenvalue weighted by Crippen LogP contribution is -2.38. The summed E-state index contributed by atoms with van der Waals surface area (Å²) in [5, 5.41) is 0. The van der Waals surface area contributed by atoms with E-state index in [0.29, 0.717) is 11.6 Å². The fourth-order valence-corrected chi connectivity index (χ4v) is 2.52. The third-order valence-electron chi connectivity index (χ3n) is 4.12. The van der Waals surface area contributed by atoms with Gasteiger partial charge in [-0.05, 0) is 31.2 Å². The molecule has 2 rings (SSSR count). The Balaban J connectivity index is 2.04. The van der Waals surface area contributed by atoms with E-state index >= 15 is 0 Å². The molecular weight excluding hydrogens is 264 g/mol. The first-order valence-corrected chi connectivity index (χ1v) is 7.95. The summed E-state index contributed by atoms with van der Waals surface area (Å²) in [6.07, 6.45) is 6.09. The summed E-state index contributed by atoms with van der Waals surface area (Å²) in [5.74, 6) is 1.39. The molecule has 21 heavy (non-hydrogen) atoms. The van der Waals surface area contributed by atoms with E-state index in [2.05, 4.69) is 23.8 Å². The number of nitrogens with zero attached hydrogens (tertiary/aromatic N) is 4. The van der Waals surface area contributed by atoms with Gasteiger partial charge in [0.1, 0.15) is 5.69 Å². The number of rotatable bonds is 5. The first-order valence-electron chi connectivity index (χ1n) is 7.95. The van der Waals surface area contributed by atoms with E-state index in [-0.39, 0.29) is 5.91 Å². The van der Waals surface area contributed by atoms with Gasteiger partial charge in [0.25, 0.3) is 5.91 Å². The minimum absolute atomic E-state index is 0.0365. The third kappa shape index (κ3) is 4.16. The van der Waals surface area contributed by atoms with Gasteiger partial charge in [-0.25, -0.2) is 9.97 Å². The highest BCUT2D eigenvalue weighted by atomic mass is 16.2. The summed E-state index contributed by atoms with van der Waals surface area (Å²) in [6.45, 7) is 6.99. The number of hydrogen-bond acceptors (Lipinski definition) is 4. The maximum Gasteiger partial charge on any atom is 0.272 e. The molecular formula is C16H26N4O. The van der Waals surface area contributed by atoms with Gasteiger partial charge in [0, 0.05) is 32.9 Å². The van der Waals surface area contributed by atoms with Gasteiger partial charge in [-0.3, -0.25) is 4.79 Å². The molecule has 5 nitrogen and oxygen atoms in total. The molecule has 0 N–H and O–H groups in total. The molecule has 0 atom stereocenters. The summed E-state index contributed by atoms with van der Waals surface area (Å²) in [7, 11) is 1.97. The normalized spacial score (nSPS) is 16.0. The van der Waals surface area contributed by atoms with Crippen LogP contribution in [0.2, 0.25) is 0 Å². The zero-order chi connectivity index (χ0) is 15.2. The van der Waals surface area contributed by atoms with E-state index in [1.165, 1.54) is 0 Å². The molecule has 1 fully saturated rings. The Labute approximate surface area is 127 Å². The SMILES string of the molecule is CCCCN(C)c1nccc(C(=O)N2CCC(C)CC2)n1. The molecule has 1 aliphatic heterocycles. The van der Waals surface area contributed by atoms with Crippen molar-refractivity contribution in [3.8, 4) is 0 Å². The zero-order valence-electron chi connectivity index (χ0n) is 13.4. The average molecular weight is 290 g/mol. The lowest BCUT2D eigenvalue weighted by Gasteiger charge is -2.30. The van der Waals surface area contributed by atoms with Gasteiger partial charge < -0.3 is 9.80 Å². The monoisotopic (exact) mass is 290 g/mol. The van der Waals surface area contributed by atoms with Crippen LogP contribution < -0.4 is 4.90 Å². The van der Waals surface area contributed by atoms with Gasteiger partial charge in [-0.15, -0.1) is 0 Å². The largest absolute Gasteiger partial charge is 0.344 e. The van der Waals surface area contributed by atoms with Gasteiger partial charge >= 0.3 is 0 Å². The molecule has 2 heterocycles. The number of carbonyl (C=O) groups excluding carboxylic acids is 1. The smallest absolute Gasteiger partial charge is 0.272 e. The van der Waals surface area contributed by atoms with E-state index < -0.39 is 0 Å². The number of anilines is 1. The molecule has 116 valence electrons. The van der Waals surface area contributed by atoms with Gasteiger partial charge in [-0.1, -0.05) is 20.3 Å². The van der Waals surface area contributed by atoms with E-state index in [9.17, 15) is 4.79 Å². The minimum Gasteiger partial charge on any atom is -0.344 e. The number of amides is 1. The summed E-state index contributed by atoms with van der Waals surface area (Å²) < 4.78 is 0. The van der Waals surface area contributed by atoms with Crippen LogP contribution in [0.3, 0.4) is 0 Å². The van der Waals surface area contributed by atoms with Gasteiger partial charge in [0.05, 0.1) is 0 Å². The second-order valence-corrected chi connectivity index (χ2v) is 5.99. The first-order chi connectivity index (χ1) is 10.1. The van der Waals surface area contributed by atoms with E-state index in [1.807, 2.05) is 16.8 Å². The summed E-state index contributed by atoms with van der Waals surface area (Å²) in [5.41, 5.74) is 0.512. The predicted octanol–water partition coefficient (Wildman–Crippen LogP) is 2.59. The topological polar surface area (TPSA) is 49.3 Å². The number of unbranched alkanes of at least 4 members (excludes halogenated alkanes) is 1. The van der Waals surface area contributed by atoms with Crippen LogP contribution in [0.4, 0.5) is 5.95 Å². The molecule has 5 heteroatoms. The van der Waals surface area contributed by atoms with Crippen molar-refractivity contribution in [3.05, 3.63) is 18.0 Å². The number of carbonyl (C=O) groups is 1. The molecule has 1 aromatic rings. The minimum atomic E-state index is 0.0365. The van der Waals surface area contributed by atoms with Crippen LogP contribution in [0, 0.1) is 5.92 Å². The number of hydrogen-bond donors (Lipinski definition) is 0. The van der Waals surface area contributed by atoms with Crippen LogP contribution in [0.15, 0.2) is 12.3 Å². The van der Waals surface area contributed by atoms with Crippen molar-refractivity contribution in [1.29, 1.82) is 0 Å². The molecule has 0 aliphatic carbocycles. The van der Waals surface area contributed by atoms with Crippen molar-refractivity contribution in [2.45, 2.75) is 39.5 Å². The third-order valence-corrected chi connectivity index (χ3v) is 4.12. The van der Waals surface area contributed by atoms with Crippen LogP contribution in [0.1, 0.15) is 50.0 Å². The van der Waals surface area contributed by atoms with Gasteiger partial charge in [0.2, 0.25) is 5.95 Å². The molecule has 0 radical (unpaired) electrons. The Hall–Kier alpha value is -1.65. The zero-order valence-corrected chi connectivity index (χ0v) is 13.4. The van der Waals surface area contributed by atoms with E-state index in [1.54, 1.807) is 12.3 Å². The maximum absolute atomic E-state index is 12.5. The molecule has 0 aromatic carbocycles. The van der Waals surface area contributed by atoms with Crippen LogP contribution in [0.25, 0.3) is 0 Å². The summed E-state index contributed by atoms with van der Waals surface area (Å²) in [6, 6.07) is 1.72. The standard InChI is InChI=1S/C16H26N4O/c1-4-5-10-19(3)16-17-9-6-14(18-16)15(21)20-11-7-13(2)8-12-20/h6,9,13H,4-5,7-8,10-12H2,1-3H3. The quantitative estimate of drug-likeness (QED) is 0.836. The molecule has 0 spiro atoms. The molecule has 1 amide bonds. The van der Waals surface area contributed by atoms with E-state index in [0.717, 1.165) is 51.2 Å². The van der Waals surface area contributed by atoms with Gasteiger partial charge in [-0.2, -0.15) is 0 Å². The molecule has 0 bridgehead atoms. The van der Waals surface area contributed by atoms with Crippen molar-refractivity contribution in [2.75, 3.05) is 31.6 Å². The van der Waals surface area contributed by atoms with Crippen LogP contribution in [-0.2, 0) is 0 Å². The van der Waals surface area contributed by atoms with Crippen LogP contribution in [-0.4, -0.2) is 47.5 Å². The highest BCUT2D eigenvalue weighted by molar-refractivity contribution is 5.92. The average Bonchev–Trinajstić information content (AvgIpc) is 2.52. The Kier molecular flexibility index (Phi) is 5.53. The van der Waals surface area contributed by atoms with Crippen molar-refractivity contribution >= 4 is 11.9 Å². The Morgan fingerprint density at radius 3 is 2.81 bits per heavy atom. The lowest BCUT2D eigenvalue weighted by molar-refractivity contribution is 0.0691. The highest BCUT2D eigenvalue weighted by Crippen LogP contribution is 2.18. The van der Waals surface area contributed by atoms with Crippen molar-refractivity contribution < 1.29 is 4.79 Å². The van der Waals surface area contributed by atoms with Crippen LogP contribution >= 0.6 is 0 Å². The second-order valence-electron chi connectivity index (χ2n) is 5.99. The highest BCUT2D eigenvalue weighted by Gasteiger charge is 2.22. The predicted molar refractivity (Wildman–Crippen MR) is 84.5 cm³/mol. The van der Waals surface area contributed by atoms with Gasteiger partial charge in [0.15, 0.2) is 0 Å². The number of piperidine rings is 1. The summed E-state index contributed by atoms with van der Waals surface area (Å²) >= 11 is 0.